The van der Waals surface area contributed by atoms with E-state index in [0.717, 1.165) is 5.56 Å². The quantitative estimate of drug-likeness (QED) is 0.885. The molecule has 0 aliphatic rings. The molecule has 0 unspecified atom stereocenters. The minimum Gasteiger partial charge on any atom is -0.487 e. The van der Waals surface area contributed by atoms with E-state index in [1.807, 2.05) is 30.3 Å². The standard InChI is InChI=1S/C14H13N3O/c15-8-12-13(9-16)17-7-6-14(12)18-10-11-4-2-1-3-5-11/h1-7H,9-10,16H2. The van der Waals surface area contributed by atoms with Gasteiger partial charge in [-0.2, -0.15) is 5.26 Å². The number of hydrogen-bond donors (Lipinski definition) is 1. The third-order valence-corrected chi connectivity index (χ3v) is 2.53. The molecule has 0 aliphatic heterocycles. The maximum absolute atomic E-state index is 9.10. The van der Waals surface area contributed by atoms with E-state index in [2.05, 4.69) is 11.1 Å². The second-order valence-electron chi connectivity index (χ2n) is 3.72. The molecule has 18 heavy (non-hydrogen) atoms. The summed E-state index contributed by atoms with van der Waals surface area (Å²) in [5, 5.41) is 9.10. The van der Waals surface area contributed by atoms with Crippen molar-refractivity contribution < 1.29 is 4.74 Å². The van der Waals surface area contributed by atoms with Gasteiger partial charge in [0.15, 0.2) is 0 Å². The van der Waals surface area contributed by atoms with E-state index in [1.165, 1.54) is 0 Å². The molecule has 0 bridgehead atoms. The number of benzene rings is 1. The number of rotatable bonds is 4. The van der Waals surface area contributed by atoms with E-state index in [1.54, 1.807) is 12.3 Å². The van der Waals surface area contributed by atoms with E-state index in [0.29, 0.717) is 23.6 Å². The van der Waals surface area contributed by atoms with Crippen molar-refractivity contribution in [2.24, 2.45) is 5.73 Å². The zero-order valence-corrected chi connectivity index (χ0v) is 9.84. The third-order valence-electron chi connectivity index (χ3n) is 2.53. The van der Waals surface area contributed by atoms with Crippen LogP contribution in [0.5, 0.6) is 5.75 Å². The Kier molecular flexibility index (Phi) is 3.90. The SMILES string of the molecule is N#Cc1c(OCc2ccccc2)ccnc1CN. The van der Waals surface area contributed by atoms with Crippen LogP contribution in [-0.4, -0.2) is 4.98 Å². The molecule has 0 atom stereocenters. The number of nitrogens with two attached hydrogens (primary N) is 1. The molecule has 1 aromatic heterocycles. The minimum absolute atomic E-state index is 0.228. The molecule has 90 valence electrons. The fourth-order valence-electron chi connectivity index (χ4n) is 1.62. The Morgan fingerprint density at radius 3 is 2.67 bits per heavy atom. The van der Waals surface area contributed by atoms with E-state index in [-0.39, 0.29) is 6.54 Å². The number of nitriles is 1. The second kappa shape index (κ2) is 5.80. The first-order chi connectivity index (χ1) is 8.85. The lowest BCUT2D eigenvalue weighted by molar-refractivity contribution is 0.304. The second-order valence-corrected chi connectivity index (χ2v) is 3.72. The van der Waals surface area contributed by atoms with Crippen LogP contribution in [0.1, 0.15) is 16.8 Å². The van der Waals surface area contributed by atoms with E-state index >= 15 is 0 Å². The van der Waals surface area contributed by atoms with Gasteiger partial charge in [-0.15, -0.1) is 0 Å². The predicted octanol–water partition coefficient (Wildman–Crippen LogP) is 1.99. The third kappa shape index (κ3) is 2.65. The maximum atomic E-state index is 9.10. The van der Waals surface area contributed by atoms with Crippen molar-refractivity contribution in [2.45, 2.75) is 13.2 Å². The zero-order valence-electron chi connectivity index (χ0n) is 9.84. The van der Waals surface area contributed by atoms with Gasteiger partial charge in [-0.25, -0.2) is 0 Å². The molecule has 0 saturated carbocycles. The predicted molar refractivity (Wildman–Crippen MR) is 67.6 cm³/mol. The van der Waals surface area contributed by atoms with Crippen molar-refractivity contribution >= 4 is 0 Å². The normalized spacial score (nSPS) is 9.78. The van der Waals surface area contributed by atoms with Gasteiger partial charge in [0.25, 0.3) is 0 Å². The van der Waals surface area contributed by atoms with Crippen LogP contribution in [0.3, 0.4) is 0 Å². The van der Waals surface area contributed by atoms with Crippen LogP contribution in [0.4, 0.5) is 0 Å². The molecule has 0 fully saturated rings. The summed E-state index contributed by atoms with van der Waals surface area (Å²) in [6.07, 6.45) is 1.60. The van der Waals surface area contributed by atoms with Crippen molar-refractivity contribution in [2.75, 3.05) is 0 Å². The van der Waals surface area contributed by atoms with Gasteiger partial charge in [0, 0.05) is 12.7 Å². The smallest absolute Gasteiger partial charge is 0.141 e. The lowest BCUT2D eigenvalue weighted by Crippen LogP contribution is -2.05. The van der Waals surface area contributed by atoms with Crippen molar-refractivity contribution in [1.29, 1.82) is 5.26 Å². The topological polar surface area (TPSA) is 71.9 Å². The van der Waals surface area contributed by atoms with Crippen molar-refractivity contribution in [3.63, 3.8) is 0 Å². The summed E-state index contributed by atoms with van der Waals surface area (Å²) in [6.45, 7) is 0.648. The highest BCUT2D eigenvalue weighted by Crippen LogP contribution is 2.20. The van der Waals surface area contributed by atoms with Gasteiger partial charge in [-0.1, -0.05) is 30.3 Å². The van der Waals surface area contributed by atoms with Gasteiger partial charge < -0.3 is 10.5 Å². The lowest BCUT2D eigenvalue weighted by Gasteiger charge is -2.09. The van der Waals surface area contributed by atoms with Crippen molar-refractivity contribution in [1.82, 2.24) is 4.98 Å². The Bertz CT molecular complexity index is 561. The van der Waals surface area contributed by atoms with Crippen molar-refractivity contribution in [3.05, 3.63) is 59.4 Å². The van der Waals surface area contributed by atoms with Gasteiger partial charge in [-0.3, -0.25) is 4.98 Å². The zero-order chi connectivity index (χ0) is 12.8. The Morgan fingerprint density at radius 2 is 2.00 bits per heavy atom. The molecule has 1 aromatic carbocycles. The summed E-state index contributed by atoms with van der Waals surface area (Å²) in [5.74, 6) is 0.525. The van der Waals surface area contributed by atoms with Gasteiger partial charge in [0.1, 0.15) is 24.0 Å². The van der Waals surface area contributed by atoms with Crippen LogP contribution in [-0.2, 0) is 13.2 Å². The largest absolute Gasteiger partial charge is 0.487 e. The number of hydrogen-bond acceptors (Lipinski definition) is 4. The molecule has 0 amide bonds. The molecule has 4 nitrogen and oxygen atoms in total. The average molecular weight is 239 g/mol. The summed E-state index contributed by atoms with van der Waals surface area (Å²) in [7, 11) is 0. The number of nitrogens with zero attached hydrogens (tertiary/aromatic N) is 2. The molecular weight excluding hydrogens is 226 g/mol. The molecular formula is C14H13N3O. The van der Waals surface area contributed by atoms with Crippen LogP contribution < -0.4 is 10.5 Å². The van der Waals surface area contributed by atoms with E-state index in [9.17, 15) is 0 Å². The first kappa shape index (κ1) is 12.1. The van der Waals surface area contributed by atoms with Crippen LogP contribution >= 0.6 is 0 Å². The van der Waals surface area contributed by atoms with Gasteiger partial charge in [0.05, 0.1) is 5.69 Å². The van der Waals surface area contributed by atoms with Crippen molar-refractivity contribution in [3.8, 4) is 11.8 Å². The monoisotopic (exact) mass is 239 g/mol. The van der Waals surface area contributed by atoms with Crippen LogP contribution in [0.2, 0.25) is 0 Å². The van der Waals surface area contributed by atoms with Crippen LogP contribution in [0.15, 0.2) is 42.6 Å². The molecule has 0 aliphatic carbocycles. The molecule has 4 heteroatoms. The fraction of sp³-hybridized carbons (Fsp3) is 0.143. The number of pyridine rings is 1. The van der Waals surface area contributed by atoms with Crippen LogP contribution in [0, 0.1) is 11.3 Å². The molecule has 1 heterocycles. The molecule has 0 saturated heterocycles. The van der Waals surface area contributed by atoms with E-state index in [4.69, 9.17) is 15.7 Å². The lowest BCUT2D eigenvalue weighted by atomic mass is 10.2. The number of aromatic nitrogens is 1. The summed E-state index contributed by atoms with van der Waals surface area (Å²) in [6, 6.07) is 13.5. The molecule has 2 rings (SSSR count). The fourth-order valence-corrected chi connectivity index (χ4v) is 1.62. The molecule has 2 N–H and O–H groups in total. The highest BCUT2D eigenvalue weighted by molar-refractivity contribution is 5.45. The first-order valence-corrected chi connectivity index (χ1v) is 5.60. The molecule has 0 spiro atoms. The molecule has 2 aromatic rings. The Hall–Kier alpha value is -2.38. The average Bonchev–Trinajstić information content (AvgIpc) is 2.45. The van der Waals surface area contributed by atoms with Gasteiger partial charge in [-0.05, 0) is 11.6 Å². The summed E-state index contributed by atoms with van der Waals surface area (Å²) in [4.78, 5) is 4.06. The van der Waals surface area contributed by atoms with Gasteiger partial charge >= 0.3 is 0 Å². The highest BCUT2D eigenvalue weighted by Gasteiger charge is 2.09. The molecule has 0 radical (unpaired) electrons. The van der Waals surface area contributed by atoms with Crippen LogP contribution in [0.25, 0.3) is 0 Å². The highest BCUT2D eigenvalue weighted by atomic mass is 16.5. The van der Waals surface area contributed by atoms with Gasteiger partial charge in [0.2, 0.25) is 0 Å². The van der Waals surface area contributed by atoms with E-state index < -0.39 is 0 Å². The minimum atomic E-state index is 0.228. The summed E-state index contributed by atoms with van der Waals surface area (Å²) in [5.41, 5.74) is 7.55. The maximum Gasteiger partial charge on any atom is 0.141 e. The summed E-state index contributed by atoms with van der Waals surface area (Å²) < 4.78 is 5.64. The Balaban J connectivity index is 2.17. The summed E-state index contributed by atoms with van der Waals surface area (Å²) >= 11 is 0. The Morgan fingerprint density at radius 1 is 1.22 bits per heavy atom. The first-order valence-electron chi connectivity index (χ1n) is 5.60. The Labute approximate surface area is 106 Å². The number of ether oxygens (including phenoxy) is 1.